The summed E-state index contributed by atoms with van der Waals surface area (Å²) in [6.45, 7) is 4.81. The first-order chi connectivity index (χ1) is 21.5. The van der Waals surface area contributed by atoms with E-state index in [1.54, 1.807) is 52.7 Å². The van der Waals surface area contributed by atoms with Crippen molar-refractivity contribution >= 4 is 17.6 Å². The highest BCUT2D eigenvalue weighted by molar-refractivity contribution is 6.00. The summed E-state index contributed by atoms with van der Waals surface area (Å²) in [5, 5.41) is 29.2. The SMILES string of the molecule is CCN1C[C@]2(COC(=O)c3ccccc3NC(C)=O)CC[C@@H](OC)[C@]34C1[C@@](O)([C@@H](OC)[C@H]23)[C@@]1(O)C[C@H](OC)[C@@H]2C[C@@H]4[C@@H]1[C@H]2OC. The lowest BCUT2D eigenvalue weighted by molar-refractivity contribution is -0.320. The van der Waals surface area contributed by atoms with Gasteiger partial charge in [0.1, 0.15) is 11.2 Å². The Balaban J connectivity index is 1.37. The molecule has 11 heteroatoms. The van der Waals surface area contributed by atoms with Crippen molar-refractivity contribution in [2.75, 3.05) is 53.5 Å². The van der Waals surface area contributed by atoms with Crippen molar-refractivity contribution in [1.82, 2.24) is 4.90 Å². The Hall–Kier alpha value is -2.12. The van der Waals surface area contributed by atoms with E-state index in [4.69, 9.17) is 23.7 Å². The van der Waals surface area contributed by atoms with E-state index in [-0.39, 0.29) is 60.1 Å². The molecule has 45 heavy (non-hydrogen) atoms. The average molecular weight is 629 g/mol. The summed E-state index contributed by atoms with van der Waals surface area (Å²) in [6.07, 6.45) is 0.993. The van der Waals surface area contributed by atoms with Crippen LogP contribution in [0.25, 0.3) is 0 Å². The van der Waals surface area contributed by atoms with Gasteiger partial charge in [-0.3, -0.25) is 9.69 Å². The van der Waals surface area contributed by atoms with Crippen LogP contribution in [0.3, 0.4) is 0 Å². The van der Waals surface area contributed by atoms with Crippen LogP contribution in [0.2, 0.25) is 0 Å². The number of hydrogen-bond acceptors (Lipinski definition) is 10. The lowest BCUT2D eigenvalue weighted by Gasteiger charge is -2.70. The van der Waals surface area contributed by atoms with Gasteiger partial charge in [-0.15, -0.1) is 0 Å². The van der Waals surface area contributed by atoms with E-state index >= 15 is 0 Å². The largest absolute Gasteiger partial charge is 0.461 e. The molecule has 6 aliphatic rings. The van der Waals surface area contributed by atoms with Gasteiger partial charge >= 0.3 is 5.97 Å². The molecule has 0 aromatic heterocycles. The third-order valence-electron chi connectivity index (χ3n) is 13.3. The van der Waals surface area contributed by atoms with Gasteiger partial charge in [-0.1, -0.05) is 19.1 Å². The van der Waals surface area contributed by atoms with Crippen LogP contribution in [-0.4, -0.2) is 117 Å². The predicted octanol–water partition coefficient (Wildman–Crippen LogP) is 2.09. The summed E-state index contributed by atoms with van der Waals surface area (Å²) < 4.78 is 31.2. The van der Waals surface area contributed by atoms with E-state index in [1.165, 1.54) is 6.92 Å². The number of para-hydroxylation sites is 1. The van der Waals surface area contributed by atoms with E-state index in [9.17, 15) is 19.8 Å². The van der Waals surface area contributed by atoms with Gasteiger partial charge in [-0.2, -0.15) is 0 Å². The Labute approximate surface area is 264 Å². The van der Waals surface area contributed by atoms with E-state index in [1.807, 2.05) is 0 Å². The Morgan fingerprint density at radius 1 is 1.07 bits per heavy atom. The lowest BCUT2D eigenvalue weighted by Crippen LogP contribution is -2.82. The number of anilines is 1. The molecule has 1 saturated heterocycles. The van der Waals surface area contributed by atoms with Crippen LogP contribution >= 0.6 is 0 Å². The molecule has 1 aromatic carbocycles. The quantitative estimate of drug-likeness (QED) is 0.349. The first kappa shape index (κ1) is 31.5. The van der Waals surface area contributed by atoms with E-state index in [0.717, 1.165) is 12.8 Å². The number of benzene rings is 1. The summed E-state index contributed by atoms with van der Waals surface area (Å²) in [5.41, 5.74) is -3.68. The summed E-state index contributed by atoms with van der Waals surface area (Å²) in [7, 11) is 6.75. The first-order valence-electron chi connectivity index (χ1n) is 16.4. The minimum atomic E-state index is -1.66. The third kappa shape index (κ3) is 3.72. The Bertz CT molecular complexity index is 1360. The van der Waals surface area contributed by atoms with Crippen molar-refractivity contribution in [3.05, 3.63) is 29.8 Å². The van der Waals surface area contributed by atoms with Crippen LogP contribution in [0.15, 0.2) is 24.3 Å². The Kier molecular flexibility index (Phi) is 7.48. The van der Waals surface area contributed by atoms with Gasteiger partial charge in [-0.05, 0) is 43.9 Å². The minimum Gasteiger partial charge on any atom is -0.461 e. The second-order valence-corrected chi connectivity index (χ2v) is 14.5. The van der Waals surface area contributed by atoms with Crippen molar-refractivity contribution in [2.24, 2.45) is 34.5 Å². The van der Waals surface area contributed by atoms with Crippen LogP contribution < -0.4 is 5.32 Å². The maximum atomic E-state index is 13.7. The monoisotopic (exact) mass is 628 g/mol. The number of amides is 1. The number of esters is 1. The third-order valence-corrected chi connectivity index (χ3v) is 13.3. The number of carbonyl (C=O) groups is 2. The molecule has 6 fully saturated rings. The topological polar surface area (TPSA) is 136 Å². The number of likely N-dealkylation sites (tertiary alicyclic amines) is 1. The van der Waals surface area contributed by atoms with Crippen LogP contribution in [0.4, 0.5) is 5.69 Å². The van der Waals surface area contributed by atoms with Crippen molar-refractivity contribution in [3.8, 4) is 0 Å². The van der Waals surface area contributed by atoms with E-state index in [0.29, 0.717) is 31.6 Å². The highest BCUT2D eigenvalue weighted by Gasteiger charge is 2.91. The number of piperidine rings is 1. The van der Waals surface area contributed by atoms with Gasteiger partial charge in [-0.25, -0.2) is 4.79 Å². The molecule has 1 aliphatic heterocycles. The van der Waals surface area contributed by atoms with Gasteiger partial charge in [0, 0.05) is 76.9 Å². The maximum absolute atomic E-state index is 13.7. The fourth-order valence-electron chi connectivity index (χ4n) is 12.2. The van der Waals surface area contributed by atoms with Crippen molar-refractivity contribution in [1.29, 1.82) is 0 Å². The van der Waals surface area contributed by atoms with Crippen LogP contribution in [0, 0.1) is 34.5 Å². The Morgan fingerprint density at radius 2 is 1.82 bits per heavy atom. The molecule has 0 radical (unpaired) electrons. The molecule has 11 nitrogen and oxygen atoms in total. The van der Waals surface area contributed by atoms with Crippen molar-refractivity contribution < 1.29 is 43.5 Å². The van der Waals surface area contributed by atoms with Crippen LogP contribution in [0.5, 0.6) is 0 Å². The summed E-state index contributed by atoms with van der Waals surface area (Å²) in [6, 6.07) is 6.41. The molecule has 248 valence electrons. The zero-order valence-electron chi connectivity index (χ0n) is 27.2. The zero-order valence-corrected chi connectivity index (χ0v) is 27.2. The number of nitrogens with one attached hydrogen (secondary N) is 1. The first-order valence-corrected chi connectivity index (χ1v) is 16.4. The number of fused-ring (bicyclic) bond motifs is 2. The number of rotatable bonds is 9. The van der Waals surface area contributed by atoms with Crippen LogP contribution in [0.1, 0.15) is 49.9 Å². The smallest absolute Gasteiger partial charge is 0.340 e. The Morgan fingerprint density at radius 3 is 2.47 bits per heavy atom. The maximum Gasteiger partial charge on any atom is 0.340 e. The number of aliphatic hydroxyl groups is 2. The standard InChI is InChI=1S/C34H48N2O9/c1-7-36-16-31(17-45-29(38)19-10-8-9-11-22(19)35-18(2)37)13-12-24(42-4)33-21-14-20-23(41-3)15-32(39,25(21)26(20)43-5)34(40,30(33)36)28(44-6)27(31)33/h8-11,20-21,23-28,30,39-40H,7,12-17H2,1-6H3,(H,35,37)/t20-,21+,23-,24+,25+,26-,27+,28-,30?,31-,32+,33-,34-/m0/s1. The number of methoxy groups -OCH3 is 4. The molecule has 1 aromatic rings. The predicted molar refractivity (Wildman–Crippen MR) is 162 cm³/mol. The van der Waals surface area contributed by atoms with Gasteiger partial charge < -0.3 is 39.2 Å². The normalized spacial score (nSPS) is 47.4. The molecule has 1 amide bonds. The highest BCUT2D eigenvalue weighted by Crippen LogP contribution is 2.80. The molecular formula is C34H48N2O9. The number of carbonyl (C=O) groups excluding carboxylic acids is 2. The molecule has 1 spiro atoms. The number of ether oxygens (including phenoxy) is 5. The molecule has 7 rings (SSSR count). The molecule has 1 unspecified atom stereocenters. The molecule has 5 aliphatic carbocycles. The fraction of sp³-hybridized carbons (Fsp3) is 0.765. The van der Waals surface area contributed by atoms with Gasteiger partial charge in [0.05, 0.1) is 48.3 Å². The molecule has 5 saturated carbocycles. The molecule has 7 bridgehead atoms. The fourth-order valence-corrected chi connectivity index (χ4v) is 12.2. The highest BCUT2D eigenvalue weighted by atomic mass is 16.5. The summed E-state index contributed by atoms with van der Waals surface area (Å²) in [4.78, 5) is 27.9. The lowest BCUT2D eigenvalue weighted by atomic mass is 9.42. The van der Waals surface area contributed by atoms with Crippen molar-refractivity contribution in [2.45, 2.75) is 81.2 Å². The number of hydrogen-bond donors (Lipinski definition) is 3. The second-order valence-electron chi connectivity index (χ2n) is 14.5. The molecular weight excluding hydrogens is 580 g/mol. The molecule has 3 N–H and O–H groups in total. The van der Waals surface area contributed by atoms with Crippen molar-refractivity contribution in [3.63, 3.8) is 0 Å². The second kappa shape index (κ2) is 10.7. The molecule has 1 heterocycles. The van der Waals surface area contributed by atoms with Crippen LogP contribution in [-0.2, 0) is 28.5 Å². The summed E-state index contributed by atoms with van der Waals surface area (Å²) >= 11 is 0. The zero-order chi connectivity index (χ0) is 32.1. The molecule has 13 atom stereocenters. The number of likely N-dealkylation sites (N-methyl/N-ethyl adjacent to an activating group) is 1. The van der Waals surface area contributed by atoms with Gasteiger partial charge in [0.25, 0.3) is 0 Å². The average Bonchev–Trinajstić information content (AvgIpc) is 3.45. The van der Waals surface area contributed by atoms with E-state index in [2.05, 4.69) is 17.1 Å². The number of nitrogens with zero attached hydrogens (tertiary/aromatic N) is 1. The summed E-state index contributed by atoms with van der Waals surface area (Å²) in [5.74, 6) is -1.36. The van der Waals surface area contributed by atoms with Gasteiger partial charge in [0.15, 0.2) is 0 Å². The van der Waals surface area contributed by atoms with E-state index < -0.39 is 40.1 Å². The van der Waals surface area contributed by atoms with Gasteiger partial charge in [0.2, 0.25) is 5.91 Å². The minimum absolute atomic E-state index is 0.0387.